The second kappa shape index (κ2) is 5.88. The van der Waals surface area contributed by atoms with Crippen LogP contribution in [-0.2, 0) is 6.54 Å². The molecular weight excluding hydrogens is 252 g/mol. The highest BCUT2D eigenvalue weighted by Crippen LogP contribution is 2.06. The molecule has 0 saturated carbocycles. The SMILES string of the molecule is CC(C)(CN)NC(=O)c1cnn(Cc2ccccc2)c1. The third-order valence-corrected chi connectivity index (χ3v) is 3.05. The van der Waals surface area contributed by atoms with E-state index in [0.29, 0.717) is 18.7 Å². The van der Waals surface area contributed by atoms with Crippen LogP contribution in [0.4, 0.5) is 0 Å². The molecule has 1 aromatic heterocycles. The van der Waals surface area contributed by atoms with Crippen LogP contribution in [0, 0.1) is 0 Å². The fourth-order valence-electron chi connectivity index (χ4n) is 1.77. The zero-order valence-corrected chi connectivity index (χ0v) is 11.8. The minimum atomic E-state index is -0.418. The van der Waals surface area contributed by atoms with Crippen molar-refractivity contribution >= 4 is 5.91 Å². The molecule has 1 heterocycles. The van der Waals surface area contributed by atoms with Gasteiger partial charge in [-0.25, -0.2) is 0 Å². The van der Waals surface area contributed by atoms with E-state index in [-0.39, 0.29) is 5.91 Å². The number of hydrogen-bond donors (Lipinski definition) is 2. The second-order valence-electron chi connectivity index (χ2n) is 5.45. The largest absolute Gasteiger partial charge is 0.346 e. The first-order chi connectivity index (χ1) is 9.50. The average Bonchev–Trinajstić information content (AvgIpc) is 2.88. The van der Waals surface area contributed by atoms with Crippen molar-refractivity contribution in [2.75, 3.05) is 6.54 Å². The van der Waals surface area contributed by atoms with Gasteiger partial charge in [0.1, 0.15) is 0 Å². The Morgan fingerprint density at radius 1 is 1.35 bits per heavy atom. The molecule has 1 aromatic carbocycles. The normalized spacial score (nSPS) is 11.3. The van der Waals surface area contributed by atoms with Crippen LogP contribution >= 0.6 is 0 Å². The van der Waals surface area contributed by atoms with Gasteiger partial charge in [0.25, 0.3) is 5.91 Å². The van der Waals surface area contributed by atoms with E-state index in [1.165, 1.54) is 0 Å². The predicted octanol–water partition coefficient (Wildman–Crippen LogP) is 1.40. The van der Waals surface area contributed by atoms with Crippen LogP contribution in [0.5, 0.6) is 0 Å². The average molecular weight is 272 g/mol. The first kappa shape index (κ1) is 14.3. The van der Waals surface area contributed by atoms with Crippen molar-refractivity contribution < 1.29 is 4.79 Å². The van der Waals surface area contributed by atoms with Crippen LogP contribution in [-0.4, -0.2) is 27.8 Å². The molecule has 0 aliphatic heterocycles. The highest BCUT2D eigenvalue weighted by atomic mass is 16.1. The molecule has 5 heteroatoms. The Morgan fingerprint density at radius 3 is 2.70 bits per heavy atom. The van der Waals surface area contributed by atoms with Gasteiger partial charge in [-0.3, -0.25) is 9.48 Å². The summed E-state index contributed by atoms with van der Waals surface area (Å²) in [6.45, 7) is 4.81. The fourth-order valence-corrected chi connectivity index (χ4v) is 1.77. The maximum atomic E-state index is 12.1. The van der Waals surface area contributed by atoms with Crippen molar-refractivity contribution in [1.82, 2.24) is 15.1 Å². The van der Waals surface area contributed by atoms with Crippen LogP contribution in [0.1, 0.15) is 29.8 Å². The topological polar surface area (TPSA) is 72.9 Å². The Morgan fingerprint density at radius 2 is 2.05 bits per heavy atom. The summed E-state index contributed by atoms with van der Waals surface area (Å²) in [5, 5.41) is 7.10. The number of amides is 1. The van der Waals surface area contributed by atoms with Crippen molar-refractivity contribution in [3.8, 4) is 0 Å². The maximum absolute atomic E-state index is 12.1. The summed E-state index contributed by atoms with van der Waals surface area (Å²) in [7, 11) is 0. The fraction of sp³-hybridized carbons (Fsp3) is 0.333. The number of nitrogens with zero attached hydrogens (tertiary/aromatic N) is 2. The first-order valence-corrected chi connectivity index (χ1v) is 6.59. The Kier molecular flexibility index (Phi) is 4.20. The third-order valence-electron chi connectivity index (χ3n) is 3.05. The molecule has 106 valence electrons. The second-order valence-corrected chi connectivity index (χ2v) is 5.45. The summed E-state index contributed by atoms with van der Waals surface area (Å²) in [5.41, 5.74) is 6.87. The molecule has 2 rings (SSSR count). The Bertz CT molecular complexity index is 575. The highest BCUT2D eigenvalue weighted by molar-refractivity contribution is 5.94. The molecule has 0 fully saturated rings. The molecule has 0 spiro atoms. The van der Waals surface area contributed by atoms with E-state index in [0.717, 1.165) is 5.56 Å². The van der Waals surface area contributed by atoms with Crippen LogP contribution in [0.3, 0.4) is 0 Å². The standard InChI is InChI=1S/C15H20N4O/c1-15(2,11-16)18-14(20)13-8-17-19(10-13)9-12-6-4-3-5-7-12/h3-8,10H,9,11,16H2,1-2H3,(H,18,20). The number of nitrogens with one attached hydrogen (secondary N) is 1. The number of carbonyl (C=O) groups is 1. The van der Waals surface area contributed by atoms with E-state index in [1.54, 1.807) is 17.1 Å². The first-order valence-electron chi connectivity index (χ1n) is 6.59. The zero-order chi connectivity index (χ0) is 14.6. The summed E-state index contributed by atoms with van der Waals surface area (Å²) in [6.07, 6.45) is 3.32. The molecule has 3 N–H and O–H groups in total. The summed E-state index contributed by atoms with van der Waals surface area (Å²) in [6, 6.07) is 9.99. The van der Waals surface area contributed by atoms with Gasteiger partial charge in [0.05, 0.1) is 18.3 Å². The Labute approximate surface area is 118 Å². The lowest BCUT2D eigenvalue weighted by Crippen LogP contribution is -2.48. The molecule has 20 heavy (non-hydrogen) atoms. The molecule has 5 nitrogen and oxygen atoms in total. The lowest BCUT2D eigenvalue weighted by atomic mass is 10.1. The lowest BCUT2D eigenvalue weighted by molar-refractivity contribution is 0.0915. The third kappa shape index (κ3) is 3.68. The van der Waals surface area contributed by atoms with Crippen molar-refractivity contribution in [2.24, 2.45) is 5.73 Å². The Balaban J connectivity index is 2.04. The summed E-state index contributed by atoms with van der Waals surface area (Å²) >= 11 is 0. The molecule has 0 bridgehead atoms. The molecule has 0 radical (unpaired) electrons. The van der Waals surface area contributed by atoms with Gasteiger partial charge in [-0.15, -0.1) is 0 Å². The van der Waals surface area contributed by atoms with E-state index in [4.69, 9.17) is 5.73 Å². The molecule has 0 saturated heterocycles. The number of nitrogens with two attached hydrogens (primary N) is 1. The molecular formula is C15H20N4O. The van der Waals surface area contributed by atoms with Gasteiger partial charge in [-0.2, -0.15) is 5.10 Å². The number of aromatic nitrogens is 2. The number of hydrogen-bond acceptors (Lipinski definition) is 3. The lowest BCUT2D eigenvalue weighted by Gasteiger charge is -2.23. The molecule has 1 amide bonds. The molecule has 2 aromatic rings. The summed E-state index contributed by atoms with van der Waals surface area (Å²) in [5.74, 6) is -0.153. The number of carbonyl (C=O) groups excluding carboxylic acids is 1. The van der Waals surface area contributed by atoms with Gasteiger partial charge < -0.3 is 11.1 Å². The van der Waals surface area contributed by atoms with Crippen molar-refractivity contribution in [1.29, 1.82) is 0 Å². The molecule has 0 atom stereocenters. The zero-order valence-electron chi connectivity index (χ0n) is 11.8. The van der Waals surface area contributed by atoms with Crippen molar-refractivity contribution in [3.05, 3.63) is 53.9 Å². The van der Waals surface area contributed by atoms with Gasteiger partial charge in [0, 0.05) is 18.3 Å². The molecule has 0 aliphatic carbocycles. The van der Waals surface area contributed by atoms with E-state index < -0.39 is 5.54 Å². The molecule has 0 unspecified atom stereocenters. The van der Waals surface area contributed by atoms with E-state index in [2.05, 4.69) is 10.4 Å². The van der Waals surface area contributed by atoms with Crippen LogP contribution in [0.15, 0.2) is 42.7 Å². The maximum Gasteiger partial charge on any atom is 0.254 e. The number of rotatable bonds is 5. The monoisotopic (exact) mass is 272 g/mol. The minimum absolute atomic E-state index is 0.153. The van der Waals surface area contributed by atoms with Gasteiger partial charge >= 0.3 is 0 Å². The summed E-state index contributed by atoms with van der Waals surface area (Å²) < 4.78 is 1.75. The van der Waals surface area contributed by atoms with Gasteiger partial charge in [0.15, 0.2) is 0 Å². The predicted molar refractivity (Wildman–Crippen MR) is 78.4 cm³/mol. The van der Waals surface area contributed by atoms with Gasteiger partial charge in [-0.1, -0.05) is 30.3 Å². The van der Waals surface area contributed by atoms with Gasteiger partial charge in [0.2, 0.25) is 0 Å². The molecule has 0 aliphatic rings. The quantitative estimate of drug-likeness (QED) is 0.864. The number of benzene rings is 1. The van der Waals surface area contributed by atoms with E-state index >= 15 is 0 Å². The highest BCUT2D eigenvalue weighted by Gasteiger charge is 2.20. The van der Waals surface area contributed by atoms with Crippen LogP contribution < -0.4 is 11.1 Å². The van der Waals surface area contributed by atoms with Crippen molar-refractivity contribution in [3.63, 3.8) is 0 Å². The van der Waals surface area contributed by atoms with Gasteiger partial charge in [-0.05, 0) is 19.4 Å². The van der Waals surface area contributed by atoms with Crippen LogP contribution in [0.2, 0.25) is 0 Å². The van der Waals surface area contributed by atoms with E-state index in [1.807, 2.05) is 44.2 Å². The smallest absolute Gasteiger partial charge is 0.254 e. The Hall–Kier alpha value is -2.14. The van der Waals surface area contributed by atoms with Crippen molar-refractivity contribution in [2.45, 2.75) is 25.9 Å². The van der Waals surface area contributed by atoms with Crippen LogP contribution in [0.25, 0.3) is 0 Å². The van der Waals surface area contributed by atoms with E-state index in [9.17, 15) is 4.79 Å². The summed E-state index contributed by atoms with van der Waals surface area (Å²) in [4.78, 5) is 12.1. The minimum Gasteiger partial charge on any atom is -0.346 e.